The van der Waals surface area contributed by atoms with Crippen molar-refractivity contribution in [2.75, 3.05) is 56.5 Å². The number of hydrogen-bond acceptors (Lipinski definition) is 18. The van der Waals surface area contributed by atoms with Crippen molar-refractivity contribution < 1.29 is 56.3 Å². The van der Waals surface area contributed by atoms with Crippen LogP contribution in [-0.4, -0.2) is 96.9 Å². The first-order valence-electron chi connectivity index (χ1n) is 23.7. The fourth-order valence-corrected chi connectivity index (χ4v) is 7.69. The molecule has 0 saturated carbocycles. The molecule has 0 aliphatic carbocycles. The molecule has 18 nitrogen and oxygen atoms in total. The van der Waals surface area contributed by atoms with E-state index in [1.807, 2.05) is 154 Å². The highest BCUT2D eigenvalue weighted by atomic mass is 16.6. The number of methoxy groups -OCH3 is 2. The third-order valence-electron chi connectivity index (χ3n) is 11.6. The van der Waals surface area contributed by atoms with Crippen molar-refractivity contribution in [3.05, 3.63) is 216 Å². The van der Waals surface area contributed by atoms with Crippen LogP contribution in [0.2, 0.25) is 0 Å². The number of benzene rings is 3. The summed E-state index contributed by atoms with van der Waals surface area (Å²) in [6, 6.07) is 33.7. The molecule has 5 heterocycles. The number of aliphatic hydroxyl groups excluding tert-OH is 2. The predicted octanol–water partition coefficient (Wildman–Crippen LogP) is 10.5. The van der Waals surface area contributed by atoms with E-state index >= 15 is 0 Å². The lowest BCUT2D eigenvalue weighted by molar-refractivity contribution is 0.171. The second-order valence-electron chi connectivity index (χ2n) is 17.4. The maximum Gasteiger partial charge on any atom is 0.261 e. The van der Waals surface area contributed by atoms with Gasteiger partial charge in [-0.1, -0.05) is 109 Å². The fraction of sp³-hybridized carbons (Fsp3) is 0.281. The molecule has 0 saturated heterocycles. The molecule has 5 aromatic heterocycles. The highest BCUT2D eigenvalue weighted by Gasteiger charge is 2.35. The van der Waals surface area contributed by atoms with Crippen LogP contribution in [0, 0.1) is 0 Å². The summed E-state index contributed by atoms with van der Waals surface area (Å²) in [5.41, 5.74) is 3.79. The van der Waals surface area contributed by atoms with Gasteiger partial charge >= 0.3 is 0 Å². The van der Waals surface area contributed by atoms with Gasteiger partial charge in [0, 0.05) is 18.2 Å². The van der Waals surface area contributed by atoms with Crippen LogP contribution in [0.4, 0.5) is 0 Å². The average Bonchev–Trinajstić information content (AvgIpc) is 4.30. The SMILES string of the molecule is C=C[C@@H](c1cc(OCc2ccccc2)no1)N(C)C.C=C[C@@H](c1onc(OCc2ccccc2)c1[C@@H](O)c1occc1OC)N(C)C.C=C[C@@H](c1onc(OCc2ccccc2)c1[C@H](O)c1occc1OC)N(C)C. The first kappa shape index (κ1) is 56.2. The molecular formula is C57H66N6O12. The Labute approximate surface area is 437 Å². The van der Waals surface area contributed by atoms with Crippen LogP contribution in [0.15, 0.2) is 182 Å². The molecule has 8 rings (SSSR count). The van der Waals surface area contributed by atoms with E-state index in [-0.39, 0.29) is 54.6 Å². The van der Waals surface area contributed by atoms with E-state index in [9.17, 15) is 10.2 Å². The number of ether oxygens (including phenoxy) is 5. The highest BCUT2D eigenvalue weighted by Crippen LogP contribution is 2.42. The summed E-state index contributed by atoms with van der Waals surface area (Å²) in [7, 11) is 14.4. The number of rotatable bonds is 24. The molecule has 75 heavy (non-hydrogen) atoms. The van der Waals surface area contributed by atoms with Gasteiger partial charge in [0.2, 0.25) is 0 Å². The largest absolute Gasteiger partial charge is 0.493 e. The lowest BCUT2D eigenvalue weighted by Crippen LogP contribution is -2.19. The Hall–Kier alpha value is -8.13. The van der Waals surface area contributed by atoms with Crippen LogP contribution in [0.25, 0.3) is 0 Å². The Morgan fingerprint density at radius 1 is 0.493 bits per heavy atom. The molecule has 0 spiro atoms. The van der Waals surface area contributed by atoms with Crippen molar-refractivity contribution in [2.24, 2.45) is 0 Å². The summed E-state index contributed by atoms with van der Waals surface area (Å²) >= 11 is 0. The van der Waals surface area contributed by atoms with Crippen molar-refractivity contribution >= 4 is 0 Å². The minimum absolute atomic E-state index is 0.00146. The van der Waals surface area contributed by atoms with E-state index < -0.39 is 12.2 Å². The lowest BCUT2D eigenvalue weighted by Gasteiger charge is -2.20. The van der Waals surface area contributed by atoms with Crippen molar-refractivity contribution in [3.8, 4) is 29.1 Å². The van der Waals surface area contributed by atoms with Crippen LogP contribution in [0.3, 0.4) is 0 Å². The smallest absolute Gasteiger partial charge is 0.261 e. The van der Waals surface area contributed by atoms with Crippen LogP contribution in [0.5, 0.6) is 29.1 Å². The van der Waals surface area contributed by atoms with Gasteiger partial charge in [0.25, 0.3) is 17.6 Å². The number of nitrogens with zero attached hydrogens (tertiary/aromatic N) is 6. The number of aromatic nitrogens is 3. The van der Waals surface area contributed by atoms with Gasteiger partial charge in [-0.05, 0) is 74.4 Å². The van der Waals surface area contributed by atoms with Gasteiger partial charge in [0.05, 0.1) is 56.0 Å². The van der Waals surface area contributed by atoms with Gasteiger partial charge in [-0.15, -0.1) is 19.7 Å². The standard InChI is InChI=1S/2C21H24N2O5.C15H18N2O2/c2*1-5-15(23(2)3)19-17(18(24)20-16(25-4)11-12-26-20)21(22-28-19)27-13-14-9-7-6-8-10-14;1-4-13(17(2)3)14-10-15(16-19-14)18-11-12-8-6-5-7-9-12/h2*5-12,15,18,24H,1,13H2,2-4H3;4-10,13H,1,11H2,2-3H3/t15-,18+;15-,18-;13-/m000/s1. The van der Waals surface area contributed by atoms with E-state index in [0.29, 0.717) is 46.6 Å². The van der Waals surface area contributed by atoms with E-state index in [0.717, 1.165) is 22.5 Å². The normalized spacial score (nSPS) is 13.1. The second kappa shape index (κ2) is 27.8. The third-order valence-corrected chi connectivity index (χ3v) is 11.6. The number of hydrogen-bond donors (Lipinski definition) is 2. The molecule has 0 unspecified atom stereocenters. The highest BCUT2D eigenvalue weighted by molar-refractivity contribution is 5.43. The Balaban J connectivity index is 0.000000187. The minimum atomic E-state index is -1.18. The molecule has 0 fully saturated rings. The van der Waals surface area contributed by atoms with Crippen molar-refractivity contribution in [1.29, 1.82) is 0 Å². The first-order valence-corrected chi connectivity index (χ1v) is 23.7. The molecular weight excluding hydrogens is 961 g/mol. The minimum Gasteiger partial charge on any atom is -0.493 e. The lowest BCUT2D eigenvalue weighted by atomic mass is 10.0. The summed E-state index contributed by atoms with van der Waals surface area (Å²) < 4.78 is 55.2. The molecule has 0 amide bonds. The summed E-state index contributed by atoms with van der Waals surface area (Å²) in [4.78, 5) is 5.78. The van der Waals surface area contributed by atoms with Gasteiger partial charge < -0.3 is 56.3 Å². The van der Waals surface area contributed by atoms with Crippen LogP contribution < -0.4 is 23.7 Å². The zero-order chi connectivity index (χ0) is 53.9. The molecule has 3 aromatic carbocycles. The van der Waals surface area contributed by atoms with E-state index in [2.05, 4.69) is 35.2 Å². The Morgan fingerprint density at radius 2 is 0.867 bits per heavy atom. The Morgan fingerprint density at radius 3 is 1.21 bits per heavy atom. The maximum atomic E-state index is 11.1. The second-order valence-corrected chi connectivity index (χ2v) is 17.4. The quantitative estimate of drug-likeness (QED) is 0.0541. The van der Waals surface area contributed by atoms with Gasteiger partial charge in [-0.25, -0.2) is 0 Å². The monoisotopic (exact) mass is 1030 g/mol. The van der Waals surface area contributed by atoms with Crippen LogP contribution in [0.1, 0.15) is 87.0 Å². The molecule has 0 aliphatic rings. The Bertz CT molecular complexity index is 2790. The average molecular weight is 1030 g/mol. The molecule has 8 aromatic rings. The van der Waals surface area contributed by atoms with Crippen molar-refractivity contribution in [3.63, 3.8) is 0 Å². The third kappa shape index (κ3) is 14.6. The molecule has 18 heteroatoms. The number of furan rings is 2. The zero-order valence-electron chi connectivity index (χ0n) is 43.6. The van der Waals surface area contributed by atoms with Crippen molar-refractivity contribution in [1.82, 2.24) is 30.2 Å². The summed E-state index contributed by atoms with van der Waals surface area (Å²) in [5, 5.41) is 34.1. The number of aliphatic hydroxyl groups is 2. The topological polar surface area (TPSA) is 201 Å². The van der Waals surface area contributed by atoms with Crippen LogP contribution in [-0.2, 0) is 19.8 Å². The van der Waals surface area contributed by atoms with Gasteiger partial charge in [0.1, 0.15) is 32.0 Å². The molecule has 0 radical (unpaired) electrons. The predicted molar refractivity (Wildman–Crippen MR) is 280 cm³/mol. The number of likely N-dealkylation sites (N-methyl/N-ethyl adjacent to an activating group) is 3. The van der Waals surface area contributed by atoms with Gasteiger partial charge in [-0.2, -0.15) is 0 Å². The van der Waals surface area contributed by atoms with E-state index in [1.54, 1.807) is 30.4 Å². The fourth-order valence-electron chi connectivity index (χ4n) is 7.69. The van der Waals surface area contributed by atoms with Gasteiger partial charge in [-0.3, -0.25) is 14.7 Å². The van der Waals surface area contributed by atoms with E-state index in [4.69, 9.17) is 46.1 Å². The maximum absolute atomic E-state index is 11.1. The summed E-state index contributed by atoms with van der Waals surface area (Å²) in [5.74, 6) is 3.80. The summed E-state index contributed by atoms with van der Waals surface area (Å²) in [6.07, 6.45) is 5.76. The van der Waals surface area contributed by atoms with E-state index in [1.165, 1.54) is 26.7 Å². The van der Waals surface area contributed by atoms with Gasteiger partial charge in [0.15, 0.2) is 40.3 Å². The zero-order valence-corrected chi connectivity index (χ0v) is 43.6. The van der Waals surface area contributed by atoms with Crippen molar-refractivity contribution in [2.45, 2.75) is 50.2 Å². The molecule has 2 N–H and O–H groups in total. The molecule has 0 bridgehead atoms. The first-order chi connectivity index (χ1) is 36.3. The molecule has 5 atom stereocenters. The molecule has 396 valence electrons. The molecule has 0 aliphatic heterocycles. The van der Waals surface area contributed by atoms with Crippen LogP contribution >= 0.6 is 0 Å². The Kier molecular flexibility index (Phi) is 20.8. The summed E-state index contributed by atoms with van der Waals surface area (Å²) in [6.45, 7) is 12.5.